The molecule has 10 nitrogen and oxygen atoms in total. The van der Waals surface area contributed by atoms with Crippen molar-refractivity contribution in [3.8, 4) is 11.5 Å². The van der Waals surface area contributed by atoms with Gasteiger partial charge in [0.1, 0.15) is 5.60 Å². The van der Waals surface area contributed by atoms with Crippen molar-refractivity contribution in [2.24, 2.45) is 0 Å². The highest BCUT2D eigenvalue weighted by Gasteiger charge is 2.35. The molecule has 2 aromatic heterocycles. The van der Waals surface area contributed by atoms with E-state index in [2.05, 4.69) is 15.3 Å². The molecule has 1 fully saturated rings. The number of rotatable bonds is 4. The fourth-order valence-electron chi connectivity index (χ4n) is 3.77. The number of hydrogen-bond acceptors (Lipinski definition) is 8. The number of benzene rings is 1. The van der Waals surface area contributed by atoms with Crippen molar-refractivity contribution in [1.29, 1.82) is 0 Å². The fourth-order valence-corrected chi connectivity index (χ4v) is 3.77. The molecule has 1 amide bonds. The second kappa shape index (κ2) is 11.8. The maximum absolute atomic E-state index is 13.4. The van der Waals surface area contributed by atoms with E-state index in [4.69, 9.17) is 9.15 Å². The zero-order chi connectivity index (χ0) is 28.1. The highest BCUT2D eigenvalue weighted by Crippen LogP contribution is 2.37. The van der Waals surface area contributed by atoms with Crippen LogP contribution in [0.3, 0.4) is 0 Å². The Balaban J connectivity index is 0.00000195. The van der Waals surface area contributed by atoms with E-state index >= 15 is 0 Å². The van der Waals surface area contributed by atoms with Gasteiger partial charge in [-0.05, 0) is 44.5 Å². The van der Waals surface area contributed by atoms with E-state index < -0.39 is 23.3 Å². The second-order valence-electron chi connectivity index (χ2n) is 9.31. The second-order valence-corrected chi connectivity index (χ2v) is 9.31. The van der Waals surface area contributed by atoms with Crippen molar-refractivity contribution in [2.75, 3.05) is 26.2 Å². The van der Waals surface area contributed by atoms with Crippen LogP contribution in [0.2, 0.25) is 0 Å². The van der Waals surface area contributed by atoms with E-state index in [9.17, 15) is 22.8 Å². The molecule has 4 rings (SSSR count). The van der Waals surface area contributed by atoms with E-state index in [-0.39, 0.29) is 23.2 Å². The van der Waals surface area contributed by atoms with Crippen LogP contribution in [-0.4, -0.2) is 73.6 Å². The first-order valence-electron chi connectivity index (χ1n) is 12.2. The number of alkyl halides is 3. The third-order valence-corrected chi connectivity index (χ3v) is 5.42. The third-order valence-electron chi connectivity index (χ3n) is 5.42. The van der Waals surface area contributed by atoms with Gasteiger partial charge in [-0.25, -0.2) is 9.59 Å². The molecule has 0 saturated carbocycles. The number of nitrogens with zero attached hydrogens (tertiary/aromatic N) is 6. The maximum atomic E-state index is 13.4. The van der Waals surface area contributed by atoms with Crippen LogP contribution in [0.1, 0.15) is 56.2 Å². The number of carbonyl (C=O) groups is 2. The zero-order valence-corrected chi connectivity index (χ0v) is 21.9. The fraction of sp³-hybridized carbons (Fsp3) is 0.480. The van der Waals surface area contributed by atoms with Crippen LogP contribution in [0.25, 0.3) is 11.5 Å². The summed E-state index contributed by atoms with van der Waals surface area (Å²) in [6.07, 6.45) is -2.17. The molecule has 1 aromatic carbocycles. The largest absolute Gasteiger partial charge is 0.455 e. The van der Waals surface area contributed by atoms with E-state index in [0.29, 0.717) is 38.3 Å². The maximum Gasteiger partial charge on any atom is 0.417 e. The van der Waals surface area contributed by atoms with Gasteiger partial charge in [0.15, 0.2) is 5.69 Å². The topological polar surface area (TPSA) is 107 Å². The average Bonchev–Trinajstić information content (AvgIpc) is 3.56. The van der Waals surface area contributed by atoms with Crippen LogP contribution in [0.4, 0.5) is 18.0 Å². The van der Waals surface area contributed by atoms with Gasteiger partial charge in [0, 0.05) is 38.9 Å². The summed E-state index contributed by atoms with van der Waals surface area (Å²) < 4.78 is 51.7. The van der Waals surface area contributed by atoms with Crippen LogP contribution < -0.4 is 0 Å². The molecular weight excluding hydrogens is 505 g/mol. The molecule has 3 aromatic rings. The zero-order valence-electron chi connectivity index (χ0n) is 21.9. The predicted octanol–water partition coefficient (Wildman–Crippen LogP) is 4.72. The van der Waals surface area contributed by atoms with Crippen molar-refractivity contribution in [1.82, 2.24) is 29.8 Å². The third kappa shape index (κ3) is 7.18. The Labute approximate surface area is 218 Å². The normalized spacial score (nSPS) is 14.6. The Hall–Kier alpha value is -3.74. The number of carbonyl (C=O) groups excluding carboxylic acids is 2. The molecule has 1 saturated heterocycles. The summed E-state index contributed by atoms with van der Waals surface area (Å²) >= 11 is 0. The SMILES string of the molecule is CC.CC(C)(C)OC(=O)c1ccn(C(=O)N2CCN(Cc3ccc(C(F)(F)F)c(-c4nnco4)c3)CC2)n1. The molecule has 206 valence electrons. The summed E-state index contributed by atoms with van der Waals surface area (Å²) in [6.45, 7) is 11.4. The number of amides is 1. The minimum atomic E-state index is -4.57. The van der Waals surface area contributed by atoms with E-state index in [1.54, 1.807) is 25.7 Å². The summed E-state index contributed by atoms with van der Waals surface area (Å²) in [5.41, 5.74) is -1.02. The Morgan fingerprint density at radius 1 is 1.05 bits per heavy atom. The molecule has 38 heavy (non-hydrogen) atoms. The molecule has 0 aliphatic carbocycles. The van der Waals surface area contributed by atoms with Gasteiger partial charge < -0.3 is 14.1 Å². The monoisotopic (exact) mass is 536 g/mol. The quantitative estimate of drug-likeness (QED) is 0.441. The van der Waals surface area contributed by atoms with Gasteiger partial charge in [-0.3, -0.25) is 4.90 Å². The van der Waals surface area contributed by atoms with Crippen molar-refractivity contribution < 1.29 is 31.9 Å². The number of piperazine rings is 1. The lowest BCUT2D eigenvalue weighted by molar-refractivity contribution is -0.137. The number of esters is 1. The van der Waals surface area contributed by atoms with Crippen LogP contribution in [0, 0.1) is 0 Å². The first-order valence-corrected chi connectivity index (χ1v) is 12.2. The van der Waals surface area contributed by atoms with Gasteiger partial charge in [-0.1, -0.05) is 19.9 Å². The van der Waals surface area contributed by atoms with Crippen LogP contribution in [0.15, 0.2) is 41.3 Å². The van der Waals surface area contributed by atoms with E-state index in [0.717, 1.165) is 17.1 Å². The van der Waals surface area contributed by atoms with Crippen LogP contribution in [-0.2, 0) is 17.5 Å². The lowest BCUT2D eigenvalue weighted by Crippen LogP contribution is -2.49. The van der Waals surface area contributed by atoms with E-state index in [1.165, 1.54) is 24.4 Å². The van der Waals surface area contributed by atoms with E-state index in [1.807, 2.05) is 18.7 Å². The molecule has 1 aliphatic heterocycles. The summed E-state index contributed by atoms with van der Waals surface area (Å²) in [5.74, 6) is -0.820. The Kier molecular flexibility index (Phi) is 8.92. The molecule has 0 atom stereocenters. The first kappa shape index (κ1) is 28.8. The lowest BCUT2D eigenvalue weighted by atomic mass is 10.0. The van der Waals surface area contributed by atoms with Gasteiger partial charge in [-0.15, -0.1) is 10.2 Å². The standard InChI is InChI=1S/C23H25F3N6O4.C2H6/c1-22(2,3)36-20(33)18-6-7-32(29-18)21(34)31-10-8-30(9-11-31)13-15-4-5-17(23(24,25)26)16(12-15)19-28-27-14-35-19;1-2/h4-7,12,14H,8-11,13H2,1-3H3;1-2H3. The average molecular weight is 537 g/mol. The van der Waals surface area contributed by atoms with Crippen molar-refractivity contribution in [2.45, 2.75) is 52.9 Å². The summed E-state index contributed by atoms with van der Waals surface area (Å²) in [7, 11) is 0. The number of aromatic nitrogens is 4. The molecule has 1 aliphatic rings. The van der Waals surface area contributed by atoms with Crippen molar-refractivity contribution in [3.05, 3.63) is 53.7 Å². The molecule has 13 heteroatoms. The smallest absolute Gasteiger partial charge is 0.417 e. The summed E-state index contributed by atoms with van der Waals surface area (Å²) in [4.78, 5) is 28.6. The Bertz CT molecular complexity index is 1230. The highest BCUT2D eigenvalue weighted by molar-refractivity contribution is 5.88. The first-order chi connectivity index (χ1) is 17.9. The van der Waals surface area contributed by atoms with Gasteiger partial charge in [0.05, 0.1) is 11.1 Å². The summed E-state index contributed by atoms with van der Waals surface area (Å²) in [5, 5.41) is 11.1. The molecule has 0 unspecified atom stereocenters. The number of hydrogen-bond donors (Lipinski definition) is 0. The molecule has 0 spiro atoms. The number of ether oxygens (including phenoxy) is 1. The van der Waals surface area contributed by atoms with Gasteiger partial charge in [0.25, 0.3) is 0 Å². The van der Waals surface area contributed by atoms with Gasteiger partial charge in [-0.2, -0.15) is 23.0 Å². The minimum Gasteiger partial charge on any atom is -0.455 e. The van der Waals surface area contributed by atoms with Crippen LogP contribution in [0.5, 0.6) is 0 Å². The van der Waals surface area contributed by atoms with Crippen molar-refractivity contribution in [3.63, 3.8) is 0 Å². The summed E-state index contributed by atoms with van der Waals surface area (Å²) in [6, 6.07) is 4.87. The molecule has 0 N–H and O–H groups in total. The van der Waals surface area contributed by atoms with Crippen molar-refractivity contribution >= 4 is 12.0 Å². The Morgan fingerprint density at radius 3 is 2.32 bits per heavy atom. The molecule has 3 heterocycles. The van der Waals surface area contributed by atoms with Crippen LogP contribution >= 0.6 is 0 Å². The molecule has 0 radical (unpaired) electrons. The predicted molar refractivity (Wildman–Crippen MR) is 131 cm³/mol. The molecular formula is C25H31F3N6O4. The highest BCUT2D eigenvalue weighted by atomic mass is 19.4. The minimum absolute atomic E-state index is 0.0382. The molecule has 0 bridgehead atoms. The lowest BCUT2D eigenvalue weighted by Gasteiger charge is -2.34. The Morgan fingerprint density at radius 2 is 1.74 bits per heavy atom. The van der Waals surface area contributed by atoms with Gasteiger partial charge >= 0.3 is 18.2 Å². The van der Waals surface area contributed by atoms with Gasteiger partial charge in [0.2, 0.25) is 12.3 Å². The number of halogens is 3.